The van der Waals surface area contributed by atoms with Gasteiger partial charge in [-0.2, -0.15) is 4.98 Å². The highest BCUT2D eigenvalue weighted by atomic mass is 16.5. The van der Waals surface area contributed by atoms with E-state index in [1.807, 2.05) is 24.3 Å². The molecular formula is C11H12N4O. The molecule has 0 aliphatic rings. The number of ether oxygens (including phenoxy) is 1. The average Bonchev–Trinajstić information content (AvgIpc) is 2.29. The summed E-state index contributed by atoms with van der Waals surface area (Å²) < 4.78 is 5.12. The molecule has 1 aromatic heterocycles. The molecule has 2 rings (SSSR count). The van der Waals surface area contributed by atoms with E-state index in [0.717, 1.165) is 11.4 Å². The minimum absolute atomic E-state index is 0.243. The van der Waals surface area contributed by atoms with Gasteiger partial charge in [-0.15, -0.1) is 0 Å². The first-order valence-electron chi connectivity index (χ1n) is 4.77. The second-order valence-electron chi connectivity index (χ2n) is 3.16. The van der Waals surface area contributed by atoms with Crippen molar-refractivity contribution in [2.45, 2.75) is 0 Å². The molecule has 82 valence electrons. The lowest BCUT2D eigenvalue weighted by Crippen LogP contribution is -1.99. The number of rotatable bonds is 3. The van der Waals surface area contributed by atoms with Crippen molar-refractivity contribution in [2.75, 3.05) is 18.2 Å². The van der Waals surface area contributed by atoms with Crippen molar-refractivity contribution in [2.24, 2.45) is 0 Å². The summed E-state index contributed by atoms with van der Waals surface area (Å²) in [6, 6.07) is 9.31. The van der Waals surface area contributed by atoms with Crippen LogP contribution < -0.4 is 15.8 Å². The number of aromatic nitrogens is 2. The van der Waals surface area contributed by atoms with Gasteiger partial charge in [0.15, 0.2) is 0 Å². The number of methoxy groups -OCH3 is 1. The molecule has 1 aromatic carbocycles. The van der Waals surface area contributed by atoms with Crippen LogP contribution in [-0.2, 0) is 0 Å². The first-order chi connectivity index (χ1) is 7.78. The lowest BCUT2D eigenvalue weighted by molar-refractivity contribution is 0.415. The Morgan fingerprint density at radius 2 is 2.19 bits per heavy atom. The predicted octanol–water partition coefficient (Wildman–Crippen LogP) is 1.81. The van der Waals surface area contributed by atoms with Gasteiger partial charge in [0.25, 0.3) is 0 Å². The second-order valence-corrected chi connectivity index (χ2v) is 3.16. The van der Waals surface area contributed by atoms with Crippen LogP contribution in [-0.4, -0.2) is 17.1 Å². The topological polar surface area (TPSA) is 73.1 Å². The third-order valence-corrected chi connectivity index (χ3v) is 2.02. The number of nitrogen functional groups attached to an aromatic ring is 1. The third-order valence-electron chi connectivity index (χ3n) is 2.02. The van der Waals surface area contributed by atoms with Gasteiger partial charge in [-0.1, -0.05) is 6.07 Å². The Morgan fingerprint density at radius 1 is 1.31 bits per heavy atom. The van der Waals surface area contributed by atoms with Crippen molar-refractivity contribution in [3.63, 3.8) is 0 Å². The molecule has 2 aromatic rings. The lowest BCUT2D eigenvalue weighted by atomic mass is 10.3. The molecule has 0 bridgehead atoms. The molecule has 1 heterocycles. The van der Waals surface area contributed by atoms with Gasteiger partial charge in [0, 0.05) is 18.0 Å². The molecule has 0 aliphatic heterocycles. The molecule has 3 N–H and O–H groups in total. The van der Waals surface area contributed by atoms with Gasteiger partial charge in [0.2, 0.25) is 5.95 Å². The van der Waals surface area contributed by atoms with Gasteiger partial charge < -0.3 is 15.8 Å². The highest BCUT2D eigenvalue weighted by Crippen LogP contribution is 2.19. The van der Waals surface area contributed by atoms with Crippen molar-refractivity contribution in [1.29, 1.82) is 0 Å². The average molecular weight is 216 g/mol. The van der Waals surface area contributed by atoms with E-state index >= 15 is 0 Å². The SMILES string of the molecule is COc1cccc(Nc2ccnc(N)n2)c1. The van der Waals surface area contributed by atoms with E-state index in [9.17, 15) is 0 Å². The Morgan fingerprint density at radius 3 is 2.94 bits per heavy atom. The molecule has 0 amide bonds. The van der Waals surface area contributed by atoms with Gasteiger partial charge in [-0.3, -0.25) is 0 Å². The first kappa shape index (κ1) is 10.2. The molecule has 0 fully saturated rings. The normalized spacial score (nSPS) is 9.81. The molecule has 0 atom stereocenters. The zero-order chi connectivity index (χ0) is 11.4. The van der Waals surface area contributed by atoms with Crippen LogP contribution in [0.15, 0.2) is 36.5 Å². The summed E-state index contributed by atoms with van der Waals surface area (Å²) in [5.74, 6) is 1.68. The maximum Gasteiger partial charge on any atom is 0.221 e. The van der Waals surface area contributed by atoms with Crippen molar-refractivity contribution >= 4 is 17.5 Å². The predicted molar refractivity (Wildman–Crippen MR) is 62.7 cm³/mol. The van der Waals surface area contributed by atoms with Gasteiger partial charge in [-0.25, -0.2) is 4.98 Å². The Balaban J connectivity index is 2.20. The quantitative estimate of drug-likeness (QED) is 0.818. The summed E-state index contributed by atoms with van der Waals surface area (Å²) >= 11 is 0. The highest BCUT2D eigenvalue weighted by molar-refractivity contribution is 5.58. The van der Waals surface area contributed by atoms with Crippen molar-refractivity contribution < 1.29 is 4.74 Å². The number of hydrogen-bond acceptors (Lipinski definition) is 5. The van der Waals surface area contributed by atoms with Crippen LogP contribution in [0.2, 0.25) is 0 Å². The Bertz CT molecular complexity index is 487. The zero-order valence-corrected chi connectivity index (χ0v) is 8.84. The molecule has 16 heavy (non-hydrogen) atoms. The molecule has 5 heteroatoms. The van der Waals surface area contributed by atoms with Crippen LogP contribution >= 0.6 is 0 Å². The number of benzene rings is 1. The van der Waals surface area contributed by atoms with E-state index in [1.165, 1.54) is 0 Å². The summed E-state index contributed by atoms with van der Waals surface area (Å²) in [5, 5.41) is 3.11. The van der Waals surface area contributed by atoms with Crippen LogP contribution in [0.3, 0.4) is 0 Å². The smallest absolute Gasteiger partial charge is 0.221 e. The monoisotopic (exact) mass is 216 g/mol. The Kier molecular flexibility index (Phi) is 2.86. The zero-order valence-electron chi connectivity index (χ0n) is 8.84. The summed E-state index contributed by atoms with van der Waals surface area (Å²) in [7, 11) is 1.63. The molecular weight excluding hydrogens is 204 g/mol. The molecule has 0 aliphatic carbocycles. The van der Waals surface area contributed by atoms with Crippen molar-refractivity contribution in [3.05, 3.63) is 36.5 Å². The van der Waals surface area contributed by atoms with Gasteiger partial charge in [0.05, 0.1) is 7.11 Å². The van der Waals surface area contributed by atoms with Gasteiger partial charge >= 0.3 is 0 Å². The van der Waals surface area contributed by atoms with E-state index < -0.39 is 0 Å². The summed E-state index contributed by atoms with van der Waals surface area (Å²) in [4.78, 5) is 7.86. The molecule has 0 radical (unpaired) electrons. The molecule has 0 unspecified atom stereocenters. The number of nitrogens with zero attached hydrogens (tertiary/aromatic N) is 2. The molecule has 0 saturated heterocycles. The third kappa shape index (κ3) is 2.38. The van der Waals surface area contributed by atoms with Crippen LogP contribution in [0.4, 0.5) is 17.5 Å². The first-order valence-corrected chi connectivity index (χ1v) is 4.77. The van der Waals surface area contributed by atoms with Gasteiger partial charge in [-0.05, 0) is 18.2 Å². The summed E-state index contributed by atoms with van der Waals surface area (Å²) in [6.45, 7) is 0. The fourth-order valence-corrected chi connectivity index (χ4v) is 1.29. The number of nitrogens with one attached hydrogen (secondary N) is 1. The number of nitrogens with two attached hydrogens (primary N) is 1. The minimum atomic E-state index is 0.243. The maximum absolute atomic E-state index is 5.48. The number of anilines is 3. The molecule has 0 spiro atoms. The largest absolute Gasteiger partial charge is 0.497 e. The summed E-state index contributed by atoms with van der Waals surface area (Å²) in [6.07, 6.45) is 1.60. The van der Waals surface area contributed by atoms with Crippen molar-refractivity contribution in [3.8, 4) is 5.75 Å². The van der Waals surface area contributed by atoms with Crippen LogP contribution in [0.25, 0.3) is 0 Å². The maximum atomic E-state index is 5.48. The van der Waals surface area contributed by atoms with Crippen LogP contribution in [0.1, 0.15) is 0 Å². The summed E-state index contributed by atoms with van der Waals surface area (Å²) in [5.41, 5.74) is 6.37. The molecule has 5 nitrogen and oxygen atoms in total. The van der Waals surface area contributed by atoms with E-state index in [4.69, 9.17) is 10.5 Å². The Hall–Kier alpha value is -2.30. The van der Waals surface area contributed by atoms with Crippen LogP contribution in [0.5, 0.6) is 5.75 Å². The lowest BCUT2D eigenvalue weighted by Gasteiger charge is -2.07. The van der Waals surface area contributed by atoms with E-state index in [-0.39, 0.29) is 5.95 Å². The van der Waals surface area contributed by atoms with E-state index in [2.05, 4.69) is 15.3 Å². The fourth-order valence-electron chi connectivity index (χ4n) is 1.29. The van der Waals surface area contributed by atoms with Crippen molar-refractivity contribution in [1.82, 2.24) is 9.97 Å². The minimum Gasteiger partial charge on any atom is -0.497 e. The number of hydrogen-bond donors (Lipinski definition) is 2. The highest BCUT2D eigenvalue weighted by Gasteiger charge is 1.98. The van der Waals surface area contributed by atoms with Crippen LogP contribution in [0, 0.1) is 0 Å². The fraction of sp³-hybridized carbons (Fsp3) is 0.0909. The van der Waals surface area contributed by atoms with Gasteiger partial charge in [0.1, 0.15) is 11.6 Å². The standard InChI is InChI=1S/C11H12N4O/c1-16-9-4-2-3-8(7-9)14-10-5-6-13-11(12)15-10/h2-7H,1H3,(H3,12,13,14,15). The second kappa shape index (κ2) is 4.48. The van der Waals surface area contributed by atoms with E-state index in [0.29, 0.717) is 5.82 Å². The Labute approximate surface area is 93.3 Å². The van der Waals surface area contributed by atoms with E-state index in [1.54, 1.807) is 19.4 Å². The molecule has 0 saturated carbocycles.